The summed E-state index contributed by atoms with van der Waals surface area (Å²) in [5, 5.41) is 9.53. The lowest BCUT2D eigenvalue weighted by molar-refractivity contribution is 0.123. The van der Waals surface area contributed by atoms with Gasteiger partial charge in [-0.1, -0.05) is 32.6 Å². The van der Waals surface area contributed by atoms with E-state index < -0.39 is 0 Å². The molecule has 0 aromatic carbocycles. The summed E-state index contributed by atoms with van der Waals surface area (Å²) >= 11 is 0. The summed E-state index contributed by atoms with van der Waals surface area (Å²) in [6, 6.07) is 0. The van der Waals surface area contributed by atoms with Crippen LogP contribution in [0.2, 0.25) is 0 Å². The molecular weight excluding hydrogens is 152 g/mol. The quantitative estimate of drug-likeness (QED) is 0.491. The molecule has 1 unspecified atom stereocenters. The van der Waals surface area contributed by atoms with Gasteiger partial charge in [-0.3, -0.25) is 0 Å². The number of epoxide rings is 1. The molecule has 3 atom stereocenters. The highest BCUT2D eigenvalue weighted by Gasteiger charge is 2.39. The van der Waals surface area contributed by atoms with Crippen LogP contribution >= 0.6 is 0 Å². The van der Waals surface area contributed by atoms with Crippen LogP contribution in [0.4, 0.5) is 0 Å². The van der Waals surface area contributed by atoms with E-state index in [9.17, 15) is 5.11 Å². The van der Waals surface area contributed by atoms with Crippen LogP contribution in [0.15, 0.2) is 0 Å². The second-order valence-corrected chi connectivity index (χ2v) is 3.72. The second-order valence-electron chi connectivity index (χ2n) is 3.72. The first-order valence-corrected chi connectivity index (χ1v) is 5.09. The predicted molar refractivity (Wildman–Crippen MR) is 49.1 cm³/mol. The molecule has 1 saturated heterocycles. The van der Waals surface area contributed by atoms with E-state index in [1.54, 1.807) is 0 Å². The highest BCUT2D eigenvalue weighted by Crippen LogP contribution is 2.27. The van der Waals surface area contributed by atoms with Crippen LogP contribution in [0.25, 0.3) is 0 Å². The molecule has 0 aliphatic carbocycles. The van der Waals surface area contributed by atoms with Crippen LogP contribution in [-0.2, 0) is 4.74 Å². The van der Waals surface area contributed by atoms with Gasteiger partial charge in [0.2, 0.25) is 0 Å². The van der Waals surface area contributed by atoms with Crippen molar-refractivity contribution >= 4 is 0 Å². The molecule has 72 valence electrons. The Labute approximate surface area is 74.9 Å². The first-order valence-electron chi connectivity index (χ1n) is 5.09. The third-order valence-electron chi connectivity index (χ3n) is 2.49. The third kappa shape index (κ3) is 3.11. The molecule has 1 heterocycles. The molecule has 0 aromatic rings. The van der Waals surface area contributed by atoms with Crippen LogP contribution < -0.4 is 0 Å². The maximum Gasteiger partial charge on any atom is 0.110 e. The number of ether oxygens (including phenoxy) is 1. The maximum absolute atomic E-state index is 9.53. The molecule has 1 fully saturated rings. The summed E-state index contributed by atoms with van der Waals surface area (Å²) in [5.41, 5.74) is 0. The molecule has 1 rings (SSSR count). The van der Waals surface area contributed by atoms with E-state index in [4.69, 9.17) is 4.74 Å². The van der Waals surface area contributed by atoms with Crippen LogP contribution in [0.3, 0.4) is 0 Å². The zero-order valence-electron chi connectivity index (χ0n) is 8.12. The van der Waals surface area contributed by atoms with E-state index in [0.717, 1.165) is 12.8 Å². The molecule has 1 aliphatic heterocycles. The zero-order valence-corrected chi connectivity index (χ0v) is 8.12. The van der Waals surface area contributed by atoms with Gasteiger partial charge >= 0.3 is 0 Å². The Hall–Kier alpha value is -0.0800. The highest BCUT2D eigenvalue weighted by atomic mass is 16.6. The fourth-order valence-electron chi connectivity index (χ4n) is 1.55. The van der Waals surface area contributed by atoms with Crippen LogP contribution in [-0.4, -0.2) is 23.4 Å². The maximum atomic E-state index is 9.53. The van der Waals surface area contributed by atoms with E-state index in [1.165, 1.54) is 19.3 Å². The van der Waals surface area contributed by atoms with Crippen molar-refractivity contribution in [3.63, 3.8) is 0 Å². The van der Waals surface area contributed by atoms with Gasteiger partial charge in [-0.25, -0.2) is 0 Å². The normalized spacial score (nSPS) is 30.2. The van der Waals surface area contributed by atoms with Gasteiger partial charge < -0.3 is 9.84 Å². The van der Waals surface area contributed by atoms with E-state index in [2.05, 4.69) is 6.92 Å². The Morgan fingerprint density at radius 1 is 1.33 bits per heavy atom. The van der Waals surface area contributed by atoms with Gasteiger partial charge in [0.15, 0.2) is 0 Å². The predicted octanol–water partition coefficient (Wildman–Crippen LogP) is 2.10. The Morgan fingerprint density at radius 2 is 2.00 bits per heavy atom. The molecule has 0 spiro atoms. The fraction of sp³-hybridized carbons (Fsp3) is 1.00. The molecule has 1 aliphatic rings. The lowest BCUT2D eigenvalue weighted by atomic mass is 10.1. The van der Waals surface area contributed by atoms with Crippen molar-refractivity contribution in [1.29, 1.82) is 0 Å². The third-order valence-corrected chi connectivity index (χ3v) is 2.49. The smallest absolute Gasteiger partial charge is 0.110 e. The number of unbranched alkanes of at least 4 members (excludes halogenated alkanes) is 3. The van der Waals surface area contributed by atoms with E-state index >= 15 is 0 Å². The summed E-state index contributed by atoms with van der Waals surface area (Å²) in [6.07, 6.45) is 6.07. The first kappa shape index (κ1) is 10.0. The van der Waals surface area contributed by atoms with Crippen molar-refractivity contribution in [2.24, 2.45) is 0 Å². The fourth-order valence-corrected chi connectivity index (χ4v) is 1.55. The monoisotopic (exact) mass is 172 g/mol. The molecular formula is C10H20O2. The van der Waals surface area contributed by atoms with Gasteiger partial charge in [-0.05, 0) is 13.3 Å². The average molecular weight is 172 g/mol. The van der Waals surface area contributed by atoms with Crippen molar-refractivity contribution in [3.8, 4) is 0 Å². The number of aliphatic hydroxyl groups excluding tert-OH is 1. The number of aliphatic hydroxyl groups is 1. The molecule has 0 bridgehead atoms. The lowest BCUT2D eigenvalue weighted by Gasteiger charge is -2.05. The minimum atomic E-state index is -0.211. The molecule has 0 amide bonds. The van der Waals surface area contributed by atoms with Gasteiger partial charge in [-0.15, -0.1) is 0 Å². The largest absolute Gasteiger partial charge is 0.390 e. The number of hydrogen-bond donors (Lipinski definition) is 1. The van der Waals surface area contributed by atoms with Gasteiger partial charge in [-0.2, -0.15) is 0 Å². The van der Waals surface area contributed by atoms with Crippen molar-refractivity contribution in [2.45, 2.75) is 64.3 Å². The summed E-state index contributed by atoms with van der Waals surface area (Å²) < 4.78 is 5.19. The molecule has 2 heteroatoms. The molecule has 2 nitrogen and oxygen atoms in total. The van der Waals surface area contributed by atoms with Gasteiger partial charge in [0.25, 0.3) is 0 Å². The Kier molecular flexibility index (Phi) is 4.02. The Morgan fingerprint density at radius 3 is 2.50 bits per heavy atom. The standard InChI is InChI=1S/C10H20O2/c1-3-4-5-6-7-9(11)10-8(2)12-10/h8-11H,3-7H2,1-2H3/t8-,9?,10-/m1/s1. The van der Waals surface area contributed by atoms with Gasteiger partial charge in [0.1, 0.15) is 6.10 Å². The minimum Gasteiger partial charge on any atom is -0.390 e. The molecule has 12 heavy (non-hydrogen) atoms. The van der Waals surface area contributed by atoms with Crippen molar-refractivity contribution in [3.05, 3.63) is 0 Å². The van der Waals surface area contributed by atoms with E-state index in [0.29, 0.717) is 6.10 Å². The Bertz CT molecular complexity index is 125. The van der Waals surface area contributed by atoms with Crippen LogP contribution in [0.1, 0.15) is 46.0 Å². The highest BCUT2D eigenvalue weighted by molar-refractivity contribution is 4.86. The minimum absolute atomic E-state index is 0.145. The van der Waals surface area contributed by atoms with Crippen molar-refractivity contribution < 1.29 is 9.84 Å². The molecule has 0 saturated carbocycles. The first-order chi connectivity index (χ1) is 5.75. The molecule has 0 aromatic heterocycles. The van der Waals surface area contributed by atoms with Crippen molar-refractivity contribution in [1.82, 2.24) is 0 Å². The number of hydrogen-bond acceptors (Lipinski definition) is 2. The summed E-state index contributed by atoms with van der Waals surface area (Å²) in [4.78, 5) is 0. The van der Waals surface area contributed by atoms with E-state index in [1.807, 2.05) is 6.92 Å². The van der Waals surface area contributed by atoms with Crippen LogP contribution in [0, 0.1) is 0 Å². The topological polar surface area (TPSA) is 32.8 Å². The average Bonchev–Trinajstić information content (AvgIpc) is 2.76. The number of rotatable bonds is 6. The zero-order chi connectivity index (χ0) is 8.97. The summed E-state index contributed by atoms with van der Waals surface area (Å²) in [5.74, 6) is 0. The lowest BCUT2D eigenvalue weighted by Crippen LogP contribution is -2.15. The van der Waals surface area contributed by atoms with E-state index in [-0.39, 0.29) is 12.2 Å². The second kappa shape index (κ2) is 4.83. The summed E-state index contributed by atoms with van der Waals surface area (Å²) in [7, 11) is 0. The SMILES string of the molecule is CCCCCCC(O)[C@@H]1O[C@@H]1C. The van der Waals surface area contributed by atoms with Gasteiger partial charge in [0.05, 0.1) is 12.2 Å². The van der Waals surface area contributed by atoms with Crippen molar-refractivity contribution in [2.75, 3.05) is 0 Å². The summed E-state index contributed by atoms with van der Waals surface area (Å²) in [6.45, 7) is 4.21. The molecule has 1 N–H and O–H groups in total. The Balaban J connectivity index is 1.92. The van der Waals surface area contributed by atoms with Crippen LogP contribution in [0.5, 0.6) is 0 Å². The van der Waals surface area contributed by atoms with Gasteiger partial charge in [0, 0.05) is 0 Å². The molecule has 0 radical (unpaired) electrons.